The number of benzene rings is 8. The van der Waals surface area contributed by atoms with Crippen LogP contribution in [0.15, 0.2) is 133 Å². The number of hydrogen-bond acceptors (Lipinski definition) is 0. The van der Waals surface area contributed by atoms with Crippen LogP contribution in [0.3, 0.4) is 0 Å². The van der Waals surface area contributed by atoms with E-state index >= 15 is 0 Å². The van der Waals surface area contributed by atoms with Gasteiger partial charge in [0.15, 0.2) is 0 Å². The lowest BCUT2D eigenvalue weighted by molar-refractivity contribution is 0.652. The van der Waals surface area contributed by atoms with E-state index in [1.54, 1.807) is 0 Å². The summed E-state index contributed by atoms with van der Waals surface area (Å²) in [7, 11) is 0. The lowest BCUT2D eigenvalue weighted by Crippen LogP contribution is -2.17. The van der Waals surface area contributed by atoms with Crippen LogP contribution in [0, 0.1) is 0 Å². The van der Waals surface area contributed by atoms with E-state index in [4.69, 9.17) is 0 Å². The Morgan fingerprint density at radius 3 is 1.41 bits per heavy atom. The molecule has 0 aliphatic heterocycles. The van der Waals surface area contributed by atoms with E-state index in [9.17, 15) is 0 Å². The topological polar surface area (TPSA) is 0 Å². The minimum atomic E-state index is -0.104. The average Bonchev–Trinajstić information content (AvgIpc) is 3.45. The summed E-state index contributed by atoms with van der Waals surface area (Å²) < 4.78 is 0. The number of rotatable bonds is 1. The summed E-state index contributed by atoms with van der Waals surface area (Å²) in [5.41, 5.74) is 13.7. The Kier molecular flexibility index (Phi) is 4.95. The van der Waals surface area contributed by atoms with E-state index in [0.717, 1.165) is 0 Å². The van der Waals surface area contributed by atoms with Crippen LogP contribution in [0.5, 0.6) is 0 Å². The highest BCUT2D eigenvalue weighted by molar-refractivity contribution is 6.26. The van der Waals surface area contributed by atoms with E-state index in [1.807, 2.05) is 0 Å². The van der Waals surface area contributed by atoms with E-state index in [2.05, 4.69) is 161 Å². The molecule has 218 valence electrons. The van der Waals surface area contributed by atoms with Crippen molar-refractivity contribution in [1.82, 2.24) is 0 Å². The summed E-state index contributed by atoms with van der Waals surface area (Å²) in [4.78, 5) is 0. The molecule has 0 heterocycles. The maximum atomic E-state index is 2.55. The van der Waals surface area contributed by atoms with Crippen LogP contribution in [0.4, 0.5) is 0 Å². The molecule has 0 unspecified atom stereocenters. The summed E-state index contributed by atoms with van der Waals surface area (Å²) in [6, 6.07) is 50.5. The predicted octanol–water partition coefficient (Wildman–Crippen LogP) is 12.6. The van der Waals surface area contributed by atoms with Gasteiger partial charge in [-0.2, -0.15) is 0 Å². The molecule has 0 amide bonds. The number of fused-ring (bicyclic) bond motifs is 13. The first-order valence-corrected chi connectivity index (χ1v) is 16.5. The SMILES string of the molecule is CC1(C)c2cc(-c3cccc4ccccc34)ccc2-c2cc3c(cc21)-c1cc2c4ccccc4c4ccccc4c2cc1C3(C)C. The quantitative estimate of drug-likeness (QED) is 0.168. The molecule has 0 aromatic heterocycles. The minimum Gasteiger partial charge on any atom is -0.0616 e. The smallest absolute Gasteiger partial charge is 0.0159 e. The van der Waals surface area contributed by atoms with Crippen LogP contribution in [0.2, 0.25) is 0 Å². The highest BCUT2D eigenvalue weighted by Gasteiger charge is 2.42. The molecule has 0 saturated carbocycles. The van der Waals surface area contributed by atoms with Crippen LogP contribution < -0.4 is 0 Å². The molecule has 0 nitrogen and oxygen atoms in total. The van der Waals surface area contributed by atoms with Crippen molar-refractivity contribution in [2.75, 3.05) is 0 Å². The molecule has 10 rings (SSSR count). The second-order valence-corrected chi connectivity index (χ2v) is 14.5. The molecule has 8 aromatic carbocycles. The van der Waals surface area contributed by atoms with Gasteiger partial charge in [0.2, 0.25) is 0 Å². The summed E-state index contributed by atoms with van der Waals surface area (Å²) in [6.45, 7) is 9.67. The van der Waals surface area contributed by atoms with E-state index in [1.165, 1.54) is 98.7 Å². The molecule has 0 fully saturated rings. The molecule has 0 heteroatoms. The lowest BCUT2D eigenvalue weighted by Gasteiger charge is -2.24. The van der Waals surface area contributed by atoms with Crippen LogP contribution in [-0.2, 0) is 10.8 Å². The van der Waals surface area contributed by atoms with E-state index in [0.29, 0.717) is 0 Å². The standard InChI is InChI=1S/C46H34/c1-45(2)41-22-28(30-19-11-13-27-12-5-6-14-29(27)30)20-21-35(41)39-25-44-40(26-43(39)45)38-23-36-33-17-9-7-15-31(33)32-16-8-10-18-34(32)37(36)24-42(38)46(44,3)4/h5-26H,1-4H3. The van der Waals surface area contributed by atoms with Crippen LogP contribution in [-0.4, -0.2) is 0 Å². The van der Waals surface area contributed by atoms with Crippen molar-refractivity contribution < 1.29 is 0 Å². The van der Waals surface area contributed by atoms with Crippen LogP contribution in [0.25, 0.3) is 76.5 Å². The molecule has 0 spiro atoms. The third-order valence-electron chi connectivity index (χ3n) is 11.4. The predicted molar refractivity (Wildman–Crippen MR) is 197 cm³/mol. The van der Waals surface area contributed by atoms with Crippen molar-refractivity contribution in [3.8, 4) is 33.4 Å². The Bertz CT molecular complexity index is 2620. The third kappa shape index (κ3) is 3.24. The van der Waals surface area contributed by atoms with Gasteiger partial charge in [-0.25, -0.2) is 0 Å². The van der Waals surface area contributed by atoms with Crippen molar-refractivity contribution in [2.24, 2.45) is 0 Å². The fourth-order valence-electron chi connectivity index (χ4n) is 9.00. The Hall–Kier alpha value is -5.20. The zero-order valence-corrected chi connectivity index (χ0v) is 26.7. The van der Waals surface area contributed by atoms with Gasteiger partial charge >= 0.3 is 0 Å². The summed E-state index contributed by atoms with van der Waals surface area (Å²) in [5, 5.41) is 10.6. The molecule has 0 saturated heterocycles. The molecule has 0 atom stereocenters. The van der Waals surface area contributed by atoms with Gasteiger partial charge in [0.05, 0.1) is 0 Å². The van der Waals surface area contributed by atoms with Gasteiger partial charge in [-0.1, -0.05) is 131 Å². The molecule has 2 aliphatic rings. The molecule has 0 bridgehead atoms. The van der Waals surface area contributed by atoms with Crippen molar-refractivity contribution >= 4 is 43.1 Å². The van der Waals surface area contributed by atoms with Gasteiger partial charge in [-0.05, 0) is 129 Å². The van der Waals surface area contributed by atoms with Gasteiger partial charge in [-0.15, -0.1) is 0 Å². The lowest BCUT2D eigenvalue weighted by atomic mass is 9.79. The summed E-state index contributed by atoms with van der Waals surface area (Å²) in [5.74, 6) is 0. The normalized spacial score (nSPS) is 15.3. The maximum Gasteiger partial charge on any atom is 0.0159 e. The zero-order valence-electron chi connectivity index (χ0n) is 26.7. The first-order chi connectivity index (χ1) is 22.3. The van der Waals surface area contributed by atoms with Crippen molar-refractivity contribution in [3.63, 3.8) is 0 Å². The minimum absolute atomic E-state index is 0.101. The molecule has 8 aromatic rings. The van der Waals surface area contributed by atoms with Gasteiger partial charge in [-0.3, -0.25) is 0 Å². The molecule has 46 heavy (non-hydrogen) atoms. The summed E-state index contributed by atoms with van der Waals surface area (Å²) >= 11 is 0. The average molecular weight is 587 g/mol. The van der Waals surface area contributed by atoms with Gasteiger partial charge in [0.25, 0.3) is 0 Å². The molecule has 2 aliphatic carbocycles. The largest absolute Gasteiger partial charge is 0.0616 e. The van der Waals surface area contributed by atoms with Gasteiger partial charge < -0.3 is 0 Å². The Balaban J connectivity index is 1.20. The Morgan fingerprint density at radius 1 is 0.304 bits per heavy atom. The zero-order chi connectivity index (χ0) is 30.9. The molecular formula is C46H34. The molecular weight excluding hydrogens is 553 g/mol. The second kappa shape index (κ2) is 8.74. The van der Waals surface area contributed by atoms with Gasteiger partial charge in [0.1, 0.15) is 0 Å². The monoisotopic (exact) mass is 586 g/mol. The van der Waals surface area contributed by atoms with Crippen molar-refractivity contribution in [3.05, 3.63) is 156 Å². The van der Waals surface area contributed by atoms with Crippen molar-refractivity contribution in [2.45, 2.75) is 38.5 Å². The highest BCUT2D eigenvalue weighted by Crippen LogP contribution is 2.57. The maximum absolute atomic E-state index is 2.55. The first kappa shape index (κ1) is 26.1. The van der Waals surface area contributed by atoms with Crippen LogP contribution >= 0.6 is 0 Å². The summed E-state index contributed by atoms with van der Waals surface area (Å²) in [6.07, 6.45) is 0. The van der Waals surface area contributed by atoms with Gasteiger partial charge in [0, 0.05) is 10.8 Å². The van der Waals surface area contributed by atoms with E-state index < -0.39 is 0 Å². The number of hydrogen-bond donors (Lipinski definition) is 0. The first-order valence-electron chi connectivity index (χ1n) is 16.5. The fourth-order valence-corrected chi connectivity index (χ4v) is 9.00. The molecule has 0 radical (unpaired) electrons. The van der Waals surface area contributed by atoms with Crippen molar-refractivity contribution in [1.29, 1.82) is 0 Å². The third-order valence-corrected chi connectivity index (χ3v) is 11.4. The van der Waals surface area contributed by atoms with Crippen LogP contribution in [0.1, 0.15) is 49.9 Å². The fraction of sp³-hybridized carbons (Fsp3) is 0.130. The van der Waals surface area contributed by atoms with E-state index in [-0.39, 0.29) is 10.8 Å². The highest BCUT2D eigenvalue weighted by atomic mass is 14.4. The Labute approximate surface area is 270 Å². The molecule has 0 N–H and O–H groups in total. The Morgan fingerprint density at radius 2 is 0.761 bits per heavy atom. The second-order valence-electron chi connectivity index (χ2n) is 14.5.